The topological polar surface area (TPSA) is 73.1 Å². The molecular formula is C19H15ClN4O2. The number of aromatic nitrogens is 3. The molecule has 1 N–H and O–H groups in total. The van der Waals surface area contributed by atoms with E-state index in [2.05, 4.69) is 20.3 Å². The molecule has 7 heteroatoms. The van der Waals surface area contributed by atoms with Crippen molar-refractivity contribution < 1.29 is 9.15 Å². The minimum absolute atomic E-state index is 0.454. The maximum absolute atomic E-state index is 5.98. The van der Waals surface area contributed by atoms with Crippen molar-refractivity contribution in [2.75, 3.05) is 11.9 Å². The van der Waals surface area contributed by atoms with E-state index >= 15 is 0 Å². The van der Waals surface area contributed by atoms with Gasteiger partial charge in [0.05, 0.1) is 12.2 Å². The Labute approximate surface area is 154 Å². The van der Waals surface area contributed by atoms with Gasteiger partial charge in [0, 0.05) is 23.1 Å². The Morgan fingerprint density at radius 2 is 1.85 bits per heavy atom. The number of oxazole rings is 1. The minimum Gasteiger partial charge on any atom is -0.494 e. The molecule has 0 unspecified atom stereocenters. The van der Waals surface area contributed by atoms with Gasteiger partial charge in [-0.25, -0.2) is 15.0 Å². The summed E-state index contributed by atoms with van der Waals surface area (Å²) in [4.78, 5) is 13.1. The quantitative estimate of drug-likeness (QED) is 0.531. The molecule has 0 fully saturated rings. The Kier molecular flexibility index (Phi) is 4.41. The monoisotopic (exact) mass is 366 g/mol. The van der Waals surface area contributed by atoms with Gasteiger partial charge in [-0.2, -0.15) is 0 Å². The van der Waals surface area contributed by atoms with Crippen LogP contribution in [-0.2, 0) is 0 Å². The molecule has 6 nitrogen and oxygen atoms in total. The number of rotatable bonds is 5. The summed E-state index contributed by atoms with van der Waals surface area (Å²) < 4.78 is 11.1. The van der Waals surface area contributed by atoms with Crippen LogP contribution in [0.25, 0.3) is 22.6 Å². The van der Waals surface area contributed by atoms with Crippen molar-refractivity contribution >= 4 is 34.3 Å². The van der Waals surface area contributed by atoms with E-state index in [9.17, 15) is 0 Å². The number of hydrogen-bond donors (Lipinski definition) is 1. The normalized spacial score (nSPS) is 10.8. The zero-order valence-electron chi connectivity index (χ0n) is 13.9. The van der Waals surface area contributed by atoms with Crippen LogP contribution in [0.1, 0.15) is 6.92 Å². The summed E-state index contributed by atoms with van der Waals surface area (Å²) in [5.41, 5.74) is 2.93. The second-order valence-corrected chi connectivity index (χ2v) is 5.95. The average Bonchev–Trinajstić information content (AvgIpc) is 3.07. The van der Waals surface area contributed by atoms with Crippen molar-refractivity contribution in [2.24, 2.45) is 0 Å². The minimum atomic E-state index is 0.454. The maximum atomic E-state index is 5.98. The molecule has 0 saturated heterocycles. The molecule has 0 bridgehead atoms. The van der Waals surface area contributed by atoms with Crippen LogP contribution in [0.3, 0.4) is 0 Å². The third-order valence-electron chi connectivity index (χ3n) is 3.67. The lowest BCUT2D eigenvalue weighted by molar-refractivity contribution is 0.340. The summed E-state index contributed by atoms with van der Waals surface area (Å²) in [5.74, 6) is 1.76. The molecule has 0 atom stereocenters. The van der Waals surface area contributed by atoms with Crippen LogP contribution in [0.5, 0.6) is 5.75 Å². The van der Waals surface area contributed by atoms with E-state index in [1.54, 1.807) is 30.6 Å². The smallest absolute Gasteiger partial charge is 0.230 e. The van der Waals surface area contributed by atoms with Crippen molar-refractivity contribution in [3.05, 3.63) is 59.9 Å². The summed E-state index contributed by atoms with van der Waals surface area (Å²) in [7, 11) is 0. The summed E-state index contributed by atoms with van der Waals surface area (Å²) in [5, 5.41) is 3.75. The van der Waals surface area contributed by atoms with Crippen LogP contribution in [-0.4, -0.2) is 21.6 Å². The van der Waals surface area contributed by atoms with Crippen molar-refractivity contribution in [2.45, 2.75) is 6.92 Å². The van der Waals surface area contributed by atoms with Crippen molar-refractivity contribution in [1.82, 2.24) is 15.0 Å². The molecule has 2 heterocycles. The first-order chi connectivity index (χ1) is 12.7. The second-order valence-electron chi connectivity index (χ2n) is 5.51. The zero-order valence-corrected chi connectivity index (χ0v) is 14.7. The molecule has 4 rings (SSSR count). The standard InChI is InChI=1S/C19H15ClN4O2/c1-2-25-15-6-4-14(5-7-15)23-19-21-10-12(11-22-19)18-24-16-9-13(20)3-8-17(16)26-18/h3-11H,2H2,1H3,(H,21,22,23). The number of ether oxygens (including phenoxy) is 1. The van der Waals surface area contributed by atoms with Gasteiger partial charge in [-0.3, -0.25) is 0 Å². The molecule has 0 amide bonds. The van der Waals surface area contributed by atoms with E-state index in [0.717, 1.165) is 11.4 Å². The van der Waals surface area contributed by atoms with Crippen LogP contribution in [0.2, 0.25) is 5.02 Å². The largest absolute Gasteiger partial charge is 0.494 e. The van der Waals surface area contributed by atoms with Gasteiger partial charge < -0.3 is 14.5 Å². The van der Waals surface area contributed by atoms with Gasteiger partial charge in [-0.05, 0) is 49.4 Å². The summed E-state index contributed by atoms with van der Waals surface area (Å²) >= 11 is 5.98. The Bertz CT molecular complexity index is 1030. The molecule has 2 aromatic heterocycles. The fourth-order valence-corrected chi connectivity index (χ4v) is 2.62. The van der Waals surface area contributed by atoms with E-state index in [1.807, 2.05) is 31.2 Å². The molecule has 0 saturated carbocycles. The molecule has 0 aliphatic carbocycles. The Balaban J connectivity index is 1.52. The lowest BCUT2D eigenvalue weighted by atomic mass is 10.3. The third-order valence-corrected chi connectivity index (χ3v) is 3.90. The number of benzene rings is 2. The van der Waals surface area contributed by atoms with E-state index < -0.39 is 0 Å². The molecule has 4 aromatic rings. The van der Waals surface area contributed by atoms with Gasteiger partial charge in [0.1, 0.15) is 11.3 Å². The van der Waals surface area contributed by atoms with Crippen LogP contribution < -0.4 is 10.1 Å². The van der Waals surface area contributed by atoms with Gasteiger partial charge in [0.15, 0.2) is 5.58 Å². The van der Waals surface area contributed by atoms with Gasteiger partial charge in [0.2, 0.25) is 11.8 Å². The SMILES string of the molecule is CCOc1ccc(Nc2ncc(-c3nc4cc(Cl)ccc4o3)cn2)cc1. The average molecular weight is 367 g/mol. The first-order valence-corrected chi connectivity index (χ1v) is 8.47. The summed E-state index contributed by atoms with van der Waals surface area (Å²) in [6, 6.07) is 12.9. The van der Waals surface area contributed by atoms with Crippen LogP contribution in [0, 0.1) is 0 Å². The number of anilines is 2. The number of halogens is 1. The Hall–Kier alpha value is -3.12. The predicted molar refractivity (Wildman–Crippen MR) is 101 cm³/mol. The molecule has 26 heavy (non-hydrogen) atoms. The first-order valence-electron chi connectivity index (χ1n) is 8.09. The van der Waals surface area contributed by atoms with E-state index in [4.69, 9.17) is 20.8 Å². The highest BCUT2D eigenvalue weighted by molar-refractivity contribution is 6.31. The van der Waals surface area contributed by atoms with Crippen molar-refractivity contribution in [1.29, 1.82) is 0 Å². The highest BCUT2D eigenvalue weighted by Crippen LogP contribution is 2.26. The molecule has 0 aliphatic heterocycles. The Morgan fingerprint density at radius 3 is 2.58 bits per heavy atom. The summed E-state index contributed by atoms with van der Waals surface area (Å²) in [6.45, 7) is 2.59. The predicted octanol–water partition coefficient (Wildman–Crippen LogP) is 5.08. The van der Waals surface area contributed by atoms with Crippen LogP contribution in [0.4, 0.5) is 11.6 Å². The van der Waals surface area contributed by atoms with Gasteiger partial charge >= 0.3 is 0 Å². The van der Waals surface area contributed by atoms with Crippen LogP contribution in [0.15, 0.2) is 59.3 Å². The lowest BCUT2D eigenvalue weighted by Crippen LogP contribution is -1.97. The second kappa shape index (κ2) is 7.01. The summed E-state index contributed by atoms with van der Waals surface area (Å²) in [6.07, 6.45) is 3.33. The van der Waals surface area contributed by atoms with Gasteiger partial charge in [0.25, 0.3) is 0 Å². The fourth-order valence-electron chi connectivity index (χ4n) is 2.46. The number of nitrogens with zero attached hydrogens (tertiary/aromatic N) is 3. The number of nitrogens with one attached hydrogen (secondary N) is 1. The molecule has 0 aliphatic rings. The molecular weight excluding hydrogens is 352 g/mol. The van der Waals surface area contributed by atoms with Crippen molar-refractivity contribution in [3.63, 3.8) is 0 Å². The third kappa shape index (κ3) is 3.45. The highest BCUT2D eigenvalue weighted by atomic mass is 35.5. The zero-order chi connectivity index (χ0) is 17.9. The maximum Gasteiger partial charge on any atom is 0.230 e. The molecule has 130 valence electrons. The number of hydrogen-bond acceptors (Lipinski definition) is 6. The first kappa shape index (κ1) is 16.4. The molecule has 2 aromatic carbocycles. The van der Waals surface area contributed by atoms with E-state index in [-0.39, 0.29) is 0 Å². The van der Waals surface area contributed by atoms with Crippen molar-refractivity contribution in [3.8, 4) is 17.2 Å². The lowest BCUT2D eigenvalue weighted by Gasteiger charge is -2.06. The highest BCUT2D eigenvalue weighted by Gasteiger charge is 2.10. The fraction of sp³-hybridized carbons (Fsp3) is 0.105. The number of fused-ring (bicyclic) bond motifs is 1. The molecule has 0 spiro atoms. The van der Waals surface area contributed by atoms with E-state index in [1.165, 1.54) is 0 Å². The van der Waals surface area contributed by atoms with E-state index in [0.29, 0.717) is 40.1 Å². The van der Waals surface area contributed by atoms with Crippen LogP contribution >= 0.6 is 11.6 Å². The van der Waals surface area contributed by atoms with Gasteiger partial charge in [-0.15, -0.1) is 0 Å². The Morgan fingerprint density at radius 1 is 1.08 bits per heavy atom. The molecule has 0 radical (unpaired) electrons. The van der Waals surface area contributed by atoms with Gasteiger partial charge in [-0.1, -0.05) is 11.6 Å².